The highest BCUT2D eigenvalue weighted by molar-refractivity contribution is 6.30. The Bertz CT molecular complexity index is 416. The molecule has 0 aromatic heterocycles. The summed E-state index contributed by atoms with van der Waals surface area (Å²) in [5, 5.41) is 3.60. The van der Waals surface area contributed by atoms with Gasteiger partial charge >= 0.3 is 0 Å². The zero-order valence-electron chi connectivity index (χ0n) is 11.2. The average molecular weight is 269 g/mol. The molecule has 1 amide bonds. The van der Waals surface area contributed by atoms with E-state index >= 15 is 0 Å². The molecule has 1 aromatic carbocycles. The van der Waals surface area contributed by atoms with E-state index in [1.807, 2.05) is 24.3 Å². The standard InChI is InChI=1S/C14H21ClN2O/c1-10(16)13(18)17-9-14(2,3)8-11-5-4-6-12(15)7-11/h4-7,10H,8-9,16H2,1-3H3,(H,17,18)/t10-/m1/s1. The number of carbonyl (C=O) groups excluding carboxylic acids is 1. The summed E-state index contributed by atoms with van der Waals surface area (Å²) in [6.07, 6.45) is 0.854. The molecule has 0 radical (unpaired) electrons. The molecule has 0 heterocycles. The molecule has 0 fully saturated rings. The number of nitrogens with one attached hydrogen (secondary N) is 1. The smallest absolute Gasteiger partial charge is 0.236 e. The first-order valence-electron chi connectivity index (χ1n) is 6.08. The third-order valence-electron chi connectivity index (χ3n) is 2.73. The Labute approximate surface area is 114 Å². The van der Waals surface area contributed by atoms with Crippen LogP contribution in [0.3, 0.4) is 0 Å². The Morgan fingerprint density at radius 3 is 2.72 bits per heavy atom. The molecule has 0 aliphatic rings. The summed E-state index contributed by atoms with van der Waals surface area (Å²) >= 11 is 5.96. The fourth-order valence-corrected chi connectivity index (χ4v) is 1.96. The van der Waals surface area contributed by atoms with Crippen LogP contribution in [0.2, 0.25) is 5.02 Å². The number of carbonyl (C=O) groups is 1. The molecule has 4 heteroatoms. The van der Waals surface area contributed by atoms with E-state index < -0.39 is 6.04 Å². The topological polar surface area (TPSA) is 55.1 Å². The Hall–Kier alpha value is -1.06. The zero-order valence-corrected chi connectivity index (χ0v) is 11.9. The van der Waals surface area contributed by atoms with E-state index in [2.05, 4.69) is 19.2 Å². The van der Waals surface area contributed by atoms with Crippen LogP contribution < -0.4 is 11.1 Å². The van der Waals surface area contributed by atoms with Crippen molar-refractivity contribution in [2.75, 3.05) is 6.54 Å². The van der Waals surface area contributed by atoms with Gasteiger partial charge in [0.1, 0.15) is 0 Å². The van der Waals surface area contributed by atoms with Gasteiger partial charge in [-0.2, -0.15) is 0 Å². The van der Waals surface area contributed by atoms with Crippen LogP contribution in [0.1, 0.15) is 26.3 Å². The van der Waals surface area contributed by atoms with Gasteiger partial charge in [0.15, 0.2) is 0 Å². The van der Waals surface area contributed by atoms with Crippen molar-refractivity contribution in [3.8, 4) is 0 Å². The van der Waals surface area contributed by atoms with Crippen LogP contribution in [-0.4, -0.2) is 18.5 Å². The number of hydrogen-bond donors (Lipinski definition) is 2. The van der Waals surface area contributed by atoms with Gasteiger partial charge in [-0.3, -0.25) is 4.79 Å². The summed E-state index contributed by atoms with van der Waals surface area (Å²) in [7, 11) is 0. The molecule has 18 heavy (non-hydrogen) atoms. The van der Waals surface area contributed by atoms with Gasteiger partial charge in [0.25, 0.3) is 0 Å². The van der Waals surface area contributed by atoms with Crippen molar-refractivity contribution < 1.29 is 4.79 Å². The van der Waals surface area contributed by atoms with Crippen LogP contribution in [0.15, 0.2) is 24.3 Å². The van der Waals surface area contributed by atoms with E-state index in [1.165, 1.54) is 5.56 Å². The molecule has 0 spiro atoms. The first kappa shape index (κ1) is 15.0. The number of amides is 1. The van der Waals surface area contributed by atoms with Gasteiger partial charge in [-0.15, -0.1) is 0 Å². The van der Waals surface area contributed by atoms with Crippen molar-refractivity contribution in [1.29, 1.82) is 0 Å². The Balaban J connectivity index is 2.56. The molecule has 100 valence electrons. The number of hydrogen-bond acceptors (Lipinski definition) is 2. The highest BCUT2D eigenvalue weighted by atomic mass is 35.5. The SMILES string of the molecule is C[C@@H](N)C(=O)NCC(C)(C)Cc1cccc(Cl)c1. The molecule has 0 saturated heterocycles. The Morgan fingerprint density at radius 2 is 2.17 bits per heavy atom. The van der Waals surface area contributed by atoms with Crippen molar-refractivity contribution in [1.82, 2.24) is 5.32 Å². The summed E-state index contributed by atoms with van der Waals surface area (Å²) in [6, 6.07) is 7.33. The Kier molecular flexibility index (Phi) is 5.17. The third-order valence-corrected chi connectivity index (χ3v) is 2.96. The summed E-state index contributed by atoms with van der Waals surface area (Å²) in [5.41, 5.74) is 6.64. The van der Waals surface area contributed by atoms with E-state index in [4.69, 9.17) is 17.3 Å². The molecular weight excluding hydrogens is 248 g/mol. The third kappa shape index (κ3) is 5.07. The zero-order chi connectivity index (χ0) is 13.8. The van der Waals surface area contributed by atoms with Crippen molar-refractivity contribution >= 4 is 17.5 Å². The summed E-state index contributed by atoms with van der Waals surface area (Å²) < 4.78 is 0. The normalized spacial score (nSPS) is 13.2. The molecule has 1 rings (SSSR count). The molecule has 1 aromatic rings. The van der Waals surface area contributed by atoms with Crippen molar-refractivity contribution in [2.24, 2.45) is 11.1 Å². The predicted octanol–water partition coefficient (Wildman–Crippen LogP) is 2.37. The van der Waals surface area contributed by atoms with E-state index in [0.717, 1.165) is 11.4 Å². The minimum Gasteiger partial charge on any atom is -0.354 e. The second-order valence-corrected chi connectivity index (χ2v) is 5.91. The van der Waals surface area contributed by atoms with Gasteiger partial charge in [0.05, 0.1) is 6.04 Å². The summed E-state index contributed by atoms with van der Waals surface area (Å²) in [6.45, 7) is 6.49. The highest BCUT2D eigenvalue weighted by Crippen LogP contribution is 2.22. The lowest BCUT2D eigenvalue weighted by molar-refractivity contribution is -0.122. The summed E-state index contributed by atoms with van der Waals surface area (Å²) in [5.74, 6) is -0.117. The average Bonchev–Trinajstić information content (AvgIpc) is 2.25. The van der Waals surface area contributed by atoms with E-state index in [9.17, 15) is 4.79 Å². The molecule has 0 aliphatic heterocycles. The molecule has 3 N–H and O–H groups in total. The lowest BCUT2D eigenvalue weighted by Gasteiger charge is -2.25. The Morgan fingerprint density at radius 1 is 1.50 bits per heavy atom. The molecule has 0 saturated carbocycles. The second kappa shape index (κ2) is 6.21. The van der Waals surface area contributed by atoms with Gasteiger partial charge in [-0.05, 0) is 36.5 Å². The van der Waals surface area contributed by atoms with E-state index in [1.54, 1.807) is 6.92 Å². The van der Waals surface area contributed by atoms with Gasteiger partial charge < -0.3 is 11.1 Å². The van der Waals surface area contributed by atoms with Gasteiger partial charge in [-0.25, -0.2) is 0 Å². The maximum Gasteiger partial charge on any atom is 0.236 e. The van der Waals surface area contributed by atoms with E-state index in [0.29, 0.717) is 6.54 Å². The molecule has 3 nitrogen and oxygen atoms in total. The minimum absolute atomic E-state index is 0.0325. The van der Waals surface area contributed by atoms with Crippen LogP contribution in [0.4, 0.5) is 0 Å². The van der Waals surface area contributed by atoms with Crippen LogP contribution in [0.5, 0.6) is 0 Å². The fourth-order valence-electron chi connectivity index (χ4n) is 1.75. The van der Waals surface area contributed by atoms with E-state index in [-0.39, 0.29) is 11.3 Å². The lowest BCUT2D eigenvalue weighted by Crippen LogP contribution is -2.43. The first-order chi connectivity index (χ1) is 8.30. The molecule has 0 unspecified atom stereocenters. The van der Waals surface area contributed by atoms with Gasteiger partial charge in [0, 0.05) is 11.6 Å². The quantitative estimate of drug-likeness (QED) is 0.861. The number of nitrogens with two attached hydrogens (primary N) is 1. The maximum atomic E-state index is 11.4. The summed E-state index contributed by atoms with van der Waals surface area (Å²) in [4.78, 5) is 11.4. The van der Waals surface area contributed by atoms with Crippen molar-refractivity contribution in [3.05, 3.63) is 34.9 Å². The molecular formula is C14H21ClN2O. The second-order valence-electron chi connectivity index (χ2n) is 5.48. The lowest BCUT2D eigenvalue weighted by atomic mass is 9.85. The number of rotatable bonds is 5. The van der Waals surface area contributed by atoms with Crippen LogP contribution in [0.25, 0.3) is 0 Å². The highest BCUT2D eigenvalue weighted by Gasteiger charge is 2.20. The monoisotopic (exact) mass is 268 g/mol. The minimum atomic E-state index is -0.466. The van der Waals surface area contributed by atoms with Gasteiger partial charge in [-0.1, -0.05) is 37.6 Å². The molecule has 0 aliphatic carbocycles. The number of halogens is 1. The molecule has 1 atom stereocenters. The predicted molar refractivity (Wildman–Crippen MR) is 75.6 cm³/mol. The first-order valence-corrected chi connectivity index (χ1v) is 6.46. The van der Waals surface area contributed by atoms with Crippen LogP contribution in [-0.2, 0) is 11.2 Å². The van der Waals surface area contributed by atoms with Crippen molar-refractivity contribution in [2.45, 2.75) is 33.2 Å². The molecule has 0 bridgehead atoms. The number of benzene rings is 1. The van der Waals surface area contributed by atoms with Crippen LogP contribution >= 0.6 is 11.6 Å². The van der Waals surface area contributed by atoms with Crippen molar-refractivity contribution in [3.63, 3.8) is 0 Å². The van der Waals surface area contributed by atoms with Crippen LogP contribution in [0, 0.1) is 5.41 Å². The fraction of sp³-hybridized carbons (Fsp3) is 0.500. The largest absolute Gasteiger partial charge is 0.354 e. The van der Waals surface area contributed by atoms with Gasteiger partial charge in [0.2, 0.25) is 5.91 Å². The maximum absolute atomic E-state index is 11.4.